The number of rotatable bonds is 8. The van der Waals surface area contributed by atoms with Gasteiger partial charge >= 0.3 is 11.9 Å². The Hall–Kier alpha value is -3.65. The quantitative estimate of drug-likeness (QED) is 0.454. The van der Waals surface area contributed by atoms with Crippen molar-refractivity contribution >= 4 is 46.7 Å². The molecule has 1 aliphatic rings. The fraction of sp³-hybridized carbons (Fsp3) is 0.250. The molecule has 0 saturated heterocycles. The number of para-hydroxylation sites is 1. The number of hydrogen-bond acceptors (Lipinski definition) is 7. The minimum Gasteiger partial charge on any atom is -0.462 e. The maximum absolute atomic E-state index is 13.1. The van der Waals surface area contributed by atoms with Crippen molar-refractivity contribution in [1.82, 2.24) is 0 Å². The molecule has 172 valence electrons. The summed E-state index contributed by atoms with van der Waals surface area (Å²) < 4.78 is 10.3. The molecule has 0 atom stereocenters. The van der Waals surface area contributed by atoms with Crippen molar-refractivity contribution in [2.75, 3.05) is 16.8 Å². The average Bonchev–Trinajstić information content (AvgIpc) is 3.00. The monoisotopic (exact) mass is 470 g/mol. The van der Waals surface area contributed by atoms with Gasteiger partial charge in [-0.25, -0.2) is 14.5 Å². The highest BCUT2D eigenvalue weighted by Gasteiger charge is 2.40. The number of anilines is 2. The lowest BCUT2D eigenvalue weighted by atomic mass is 10.1. The van der Waals surface area contributed by atoms with E-state index in [1.807, 2.05) is 6.92 Å². The van der Waals surface area contributed by atoms with E-state index in [1.165, 1.54) is 18.2 Å². The van der Waals surface area contributed by atoms with Gasteiger partial charge in [-0.15, -0.1) is 0 Å². The molecular weight excluding hydrogens is 448 g/mol. The summed E-state index contributed by atoms with van der Waals surface area (Å²) in [5.74, 6) is -2.70. The number of nitrogens with zero attached hydrogens (tertiary/aromatic N) is 1. The van der Waals surface area contributed by atoms with E-state index in [4.69, 9.17) is 21.1 Å². The van der Waals surface area contributed by atoms with Crippen LogP contribution in [0.3, 0.4) is 0 Å². The molecule has 0 radical (unpaired) electrons. The van der Waals surface area contributed by atoms with Gasteiger partial charge in [0.1, 0.15) is 10.7 Å². The lowest BCUT2D eigenvalue weighted by Crippen LogP contribution is -2.33. The van der Waals surface area contributed by atoms with Crippen molar-refractivity contribution < 1.29 is 28.7 Å². The summed E-state index contributed by atoms with van der Waals surface area (Å²) in [4.78, 5) is 51.4. The molecule has 0 saturated carbocycles. The lowest BCUT2D eigenvalue weighted by molar-refractivity contribution is -0.120. The first kappa shape index (κ1) is 24.0. The molecule has 2 amide bonds. The van der Waals surface area contributed by atoms with Gasteiger partial charge in [-0.05, 0) is 50.6 Å². The van der Waals surface area contributed by atoms with Gasteiger partial charge in [0, 0.05) is 5.69 Å². The average molecular weight is 471 g/mol. The number of carbonyl (C=O) groups excluding carboxylic acids is 4. The first-order chi connectivity index (χ1) is 15.7. The van der Waals surface area contributed by atoms with Crippen LogP contribution in [0.1, 0.15) is 47.9 Å². The molecule has 33 heavy (non-hydrogen) atoms. The second-order valence-electron chi connectivity index (χ2n) is 7.45. The second kappa shape index (κ2) is 10.3. The van der Waals surface area contributed by atoms with Gasteiger partial charge in [0.05, 0.1) is 29.5 Å². The summed E-state index contributed by atoms with van der Waals surface area (Å²) in [6.07, 6.45) is 0.332. The highest BCUT2D eigenvalue weighted by Crippen LogP contribution is 2.32. The third-order valence-corrected chi connectivity index (χ3v) is 4.89. The second-order valence-corrected chi connectivity index (χ2v) is 7.83. The number of benzene rings is 2. The van der Waals surface area contributed by atoms with Gasteiger partial charge in [-0.3, -0.25) is 9.59 Å². The van der Waals surface area contributed by atoms with Crippen LogP contribution in [-0.2, 0) is 19.1 Å². The minimum absolute atomic E-state index is 0.0665. The molecule has 1 heterocycles. The van der Waals surface area contributed by atoms with Crippen LogP contribution in [0, 0.1) is 0 Å². The number of nitrogens with one attached hydrogen (secondary N) is 1. The van der Waals surface area contributed by atoms with Crippen LogP contribution in [0.4, 0.5) is 11.4 Å². The van der Waals surface area contributed by atoms with Gasteiger partial charge in [0.25, 0.3) is 11.8 Å². The Morgan fingerprint density at radius 1 is 1.03 bits per heavy atom. The zero-order chi connectivity index (χ0) is 24.1. The van der Waals surface area contributed by atoms with E-state index >= 15 is 0 Å². The topological polar surface area (TPSA) is 102 Å². The maximum atomic E-state index is 13.1. The van der Waals surface area contributed by atoms with Crippen molar-refractivity contribution in [3.63, 3.8) is 0 Å². The highest BCUT2D eigenvalue weighted by molar-refractivity contribution is 6.53. The Bertz CT molecular complexity index is 1140. The van der Waals surface area contributed by atoms with E-state index in [0.29, 0.717) is 12.1 Å². The van der Waals surface area contributed by atoms with Crippen LogP contribution in [0.5, 0.6) is 0 Å². The maximum Gasteiger partial charge on any atom is 0.340 e. The van der Waals surface area contributed by atoms with Crippen molar-refractivity contribution in [1.29, 1.82) is 0 Å². The van der Waals surface area contributed by atoms with E-state index in [9.17, 15) is 19.2 Å². The molecular formula is C24H23ClN2O6. The highest BCUT2D eigenvalue weighted by atomic mass is 35.5. The van der Waals surface area contributed by atoms with E-state index in [2.05, 4.69) is 5.32 Å². The van der Waals surface area contributed by atoms with E-state index in [-0.39, 0.29) is 40.3 Å². The molecule has 0 aliphatic carbocycles. The molecule has 8 nitrogen and oxygen atoms in total. The van der Waals surface area contributed by atoms with Gasteiger partial charge in [-0.2, -0.15) is 0 Å². The summed E-state index contributed by atoms with van der Waals surface area (Å²) in [7, 11) is 0. The molecule has 0 spiro atoms. The summed E-state index contributed by atoms with van der Waals surface area (Å²) in [6, 6.07) is 12.4. The van der Waals surface area contributed by atoms with Crippen LogP contribution in [0.25, 0.3) is 0 Å². The molecule has 0 aromatic heterocycles. The normalized spacial score (nSPS) is 13.5. The first-order valence-corrected chi connectivity index (χ1v) is 10.7. The molecule has 1 aliphatic heterocycles. The predicted molar refractivity (Wildman–Crippen MR) is 123 cm³/mol. The summed E-state index contributed by atoms with van der Waals surface area (Å²) in [6.45, 7) is 5.53. The van der Waals surface area contributed by atoms with Crippen molar-refractivity contribution in [2.45, 2.75) is 33.3 Å². The van der Waals surface area contributed by atoms with Crippen molar-refractivity contribution in [3.8, 4) is 0 Å². The van der Waals surface area contributed by atoms with Crippen LogP contribution in [0.15, 0.2) is 59.3 Å². The minimum atomic E-state index is -0.782. The lowest BCUT2D eigenvalue weighted by Gasteiger charge is -2.18. The van der Waals surface area contributed by atoms with E-state index in [0.717, 1.165) is 4.90 Å². The molecule has 0 fully saturated rings. The number of carbonyl (C=O) groups is 4. The van der Waals surface area contributed by atoms with Crippen molar-refractivity contribution in [2.24, 2.45) is 0 Å². The fourth-order valence-electron chi connectivity index (χ4n) is 3.09. The van der Waals surface area contributed by atoms with E-state index in [1.54, 1.807) is 44.2 Å². The molecule has 0 bridgehead atoms. The van der Waals surface area contributed by atoms with Crippen LogP contribution in [0.2, 0.25) is 0 Å². The summed E-state index contributed by atoms with van der Waals surface area (Å²) in [5, 5.41) is 2.47. The number of halogens is 1. The Kier molecular flexibility index (Phi) is 7.50. The molecule has 1 N–H and O–H groups in total. The zero-order valence-corrected chi connectivity index (χ0v) is 19.1. The van der Waals surface area contributed by atoms with Crippen LogP contribution < -0.4 is 10.2 Å². The standard InChI is InChI=1S/C24H23ClN2O6/c1-4-12-32-24(31)17-10-5-6-11-18(17)27-21(28)19(25)20(22(27)29)26-16-9-7-8-15(13-16)23(30)33-14(2)3/h5-11,13-14,26H,4,12H2,1-3H3. The van der Waals surface area contributed by atoms with Gasteiger partial charge in [0.2, 0.25) is 0 Å². The number of hydrogen-bond donors (Lipinski definition) is 1. The molecule has 9 heteroatoms. The predicted octanol–water partition coefficient (Wildman–Crippen LogP) is 4.25. The zero-order valence-electron chi connectivity index (χ0n) is 18.4. The fourth-order valence-corrected chi connectivity index (χ4v) is 3.31. The Labute approximate surface area is 196 Å². The summed E-state index contributed by atoms with van der Waals surface area (Å²) in [5.41, 5.74) is 0.588. The summed E-state index contributed by atoms with van der Waals surface area (Å²) >= 11 is 6.20. The van der Waals surface area contributed by atoms with Crippen LogP contribution in [-0.4, -0.2) is 36.5 Å². The van der Waals surface area contributed by atoms with E-state index < -0.39 is 23.8 Å². The number of imide groups is 1. The number of amides is 2. The Morgan fingerprint density at radius 3 is 2.45 bits per heavy atom. The third kappa shape index (κ3) is 5.23. The van der Waals surface area contributed by atoms with Crippen molar-refractivity contribution in [3.05, 3.63) is 70.4 Å². The molecule has 2 aromatic carbocycles. The first-order valence-electron chi connectivity index (χ1n) is 10.4. The smallest absolute Gasteiger partial charge is 0.340 e. The Morgan fingerprint density at radius 2 is 1.76 bits per heavy atom. The number of esters is 2. The third-order valence-electron chi connectivity index (χ3n) is 4.54. The van der Waals surface area contributed by atoms with Gasteiger partial charge < -0.3 is 14.8 Å². The Balaban J connectivity index is 1.88. The van der Waals surface area contributed by atoms with Gasteiger partial charge in [0.15, 0.2) is 0 Å². The molecule has 2 aromatic rings. The molecule has 3 rings (SSSR count). The number of ether oxygens (including phenoxy) is 2. The SMILES string of the molecule is CCCOC(=O)c1ccccc1N1C(=O)C(Cl)=C(Nc2cccc(C(=O)OC(C)C)c2)C1=O. The molecule has 0 unspecified atom stereocenters. The largest absolute Gasteiger partial charge is 0.462 e. The van der Waals surface area contributed by atoms with Gasteiger partial charge in [-0.1, -0.05) is 36.7 Å². The van der Waals surface area contributed by atoms with Crippen LogP contribution >= 0.6 is 11.6 Å².